The molecule has 0 saturated carbocycles. The highest BCUT2D eigenvalue weighted by atomic mass is 16.5. The van der Waals surface area contributed by atoms with Crippen LogP contribution in [0.4, 0.5) is 0 Å². The molecule has 0 amide bonds. The van der Waals surface area contributed by atoms with E-state index in [1.54, 1.807) is 48.5 Å². The van der Waals surface area contributed by atoms with Crippen LogP contribution in [0.3, 0.4) is 0 Å². The first-order chi connectivity index (χ1) is 26.0. The van der Waals surface area contributed by atoms with E-state index in [-0.39, 0.29) is 29.9 Å². The first-order valence-corrected chi connectivity index (χ1v) is 17.8. The lowest BCUT2D eigenvalue weighted by Crippen LogP contribution is -2.11. The molecular formula is C47H40O7. The van der Waals surface area contributed by atoms with E-state index in [1.807, 2.05) is 125 Å². The summed E-state index contributed by atoms with van der Waals surface area (Å²) >= 11 is 0. The Morgan fingerprint density at radius 2 is 0.685 bits per heavy atom. The minimum Gasteiger partial charge on any atom is -0.459 e. The van der Waals surface area contributed by atoms with Crippen LogP contribution in [-0.4, -0.2) is 35.9 Å². The smallest absolute Gasteiger partial charge is 0.343 e. The van der Waals surface area contributed by atoms with Crippen molar-refractivity contribution in [3.63, 3.8) is 0 Å². The summed E-state index contributed by atoms with van der Waals surface area (Å²) in [6.45, 7) is 7.25. The van der Waals surface area contributed by atoms with Crippen molar-refractivity contribution in [3.8, 4) is 28.0 Å². The lowest BCUT2D eigenvalue weighted by atomic mass is 9.97. The fourth-order valence-electron chi connectivity index (χ4n) is 5.79. The predicted molar refractivity (Wildman–Crippen MR) is 209 cm³/mol. The first kappa shape index (κ1) is 37.2. The Bertz CT molecular complexity index is 2230. The van der Waals surface area contributed by atoms with E-state index in [4.69, 9.17) is 14.2 Å². The molecule has 0 N–H and O–H groups in total. The highest BCUT2D eigenvalue weighted by Gasteiger charge is 2.14. The van der Waals surface area contributed by atoms with Gasteiger partial charge in [-0.2, -0.15) is 0 Å². The number of esters is 3. The second-order valence-corrected chi connectivity index (χ2v) is 13.5. The van der Waals surface area contributed by atoms with Gasteiger partial charge in [-0.25, -0.2) is 14.4 Å². The van der Waals surface area contributed by atoms with E-state index in [1.165, 1.54) is 0 Å². The molecule has 0 aliphatic heterocycles. The summed E-state index contributed by atoms with van der Waals surface area (Å²) < 4.78 is 16.1. The lowest BCUT2D eigenvalue weighted by Gasteiger charge is -2.09. The maximum Gasteiger partial charge on any atom is 0.343 e. The molecule has 7 heteroatoms. The molecule has 0 aliphatic carbocycles. The minimum atomic E-state index is -0.459. The zero-order valence-electron chi connectivity index (χ0n) is 30.6. The third-order valence-corrected chi connectivity index (χ3v) is 8.62. The van der Waals surface area contributed by atoms with Gasteiger partial charge in [0.15, 0.2) is 5.78 Å². The predicted octanol–water partition coefficient (Wildman–Crippen LogP) is 10.2. The molecule has 7 nitrogen and oxygen atoms in total. The Labute approximate surface area is 315 Å². The molecule has 0 heterocycles. The zero-order chi connectivity index (χ0) is 38.2. The van der Waals surface area contributed by atoms with Gasteiger partial charge in [-0.1, -0.05) is 97.1 Å². The Morgan fingerprint density at radius 3 is 1.06 bits per heavy atom. The molecule has 270 valence electrons. The molecule has 0 bridgehead atoms. The number of carbonyl (C=O) groups excluding carboxylic acids is 4. The van der Waals surface area contributed by atoms with Gasteiger partial charge in [-0.3, -0.25) is 4.79 Å². The quantitative estimate of drug-likeness (QED) is 0.0707. The number of rotatable bonds is 12. The van der Waals surface area contributed by atoms with Crippen LogP contribution in [0.2, 0.25) is 0 Å². The third-order valence-electron chi connectivity index (χ3n) is 8.62. The van der Waals surface area contributed by atoms with Crippen LogP contribution in [-0.2, 0) is 15.9 Å². The second kappa shape index (κ2) is 16.8. The van der Waals surface area contributed by atoms with Gasteiger partial charge in [0, 0.05) is 11.1 Å². The van der Waals surface area contributed by atoms with E-state index < -0.39 is 5.97 Å². The normalized spacial score (nSPS) is 10.9. The highest BCUT2D eigenvalue weighted by molar-refractivity contribution is 6.09. The molecule has 0 unspecified atom stereocenters. The fraction of sp³-hybridized carbons (Fsp3) is 0.149. The van der Waals surface area contributed by atoms with Crippen molar-refractivity contribution in [1.29, 1.82) is 0 Å². The molecule has 6 aromatic carbocycles. The SMILES string of the molecule is CC(C)OC(=O)c1ccc(-c2ccc(OC(=O)c3ccc(Cc4ccc(C(=O)c5ccc(-c6ccc(C(=O)OC(C)C)cc6)cc5)cc4)cc3)cc2)cc1. The third kappa shape index (κ3) is 9.43. The number of carbonyl (C=O) groups is 4. The second-order valence-electron chi connectivity index (χ2n) is 13.5. The summed E-state index contributed by atoms with van der Waals surface area (Å²) in [5.74, 6) is -0.820. The standard InChI is InChI=1S/C47H40O7/c1-30(2)52-45(49)41-21-15-35(16-22-41)34-13-19-39(20-14-34)44(48)38-9-5-32(6-10-38)29-33-7-11-40(12-8-33)47(51)54-43-27-25-37(26-28-43)36-17-23-42(24-18-36)46(50)53-31(3)4/h5-28,30-31H,29H2,1-4H3. The van der Waals surface area contributed by atoms with Gasteiger partial charge in [0.2, 0.25) is 0 Å². The largest absolute Gasteiger partial charge is 0.459 e. The summed E-state index contributed by atoms with van der Waals surface area (Å²) in [5, 5.41) is 0. The van der Waals surface area contributed by atoms with Crippen LogP contribution in [0, 0.1) is 0 Å². The van der Waals surface area contributed by atoms with Crippen molar-refractivity contribution < 1.29 is 33.4 Å². The van der Waals surface area contributed by atoms with E-state index in [9.17, 15) is 19.2 Å². The fourth-order valence-corrected chi connectivity index (χ4v) is 5.79. The molecule has 0 atom stereocenters. The van der Waals surface area contributed by atoms with Gasteiger partial charge in [-0.05, 0) is 116 Å². The van der Waals surface area contributed by atoms with Gasteiger partial charge in [0.25, 0.3) is 0 Å². The molecular weight excluding hydrogens is 677 g/mol. The molecule has 6 aromatic rings. The molecule has 0 spiro atoms. The highest BCUT2D eigenvalue weighted by Crippen LogP contribution is 2.25. The molecule has 6 rings (SSSR count). The van der Waals surface area contributed by atoms with Crippen molar-refractivity contribution in [1.82, 2.24) is 0 Å². The van der Waals surface area contributed by atoms with Crippen LogP contribution in [0.1, 0.15) is 85.8 Å². The summed E-state index contributed by atoms with van der Waals surface area (Å²) in [5.41, 5.74) is 8.34. The average molecular weight is 717 g/mol. The molecule has 0 aromatic heterocycles. The van der Waals surface area contributed by atoms with Crippen molar-refractivity contribution >= 4 is 23.7 Å². The van der Waals surface area contributed by atoms with E-state index in [0.717, 1.165) is 33.4 Å². The lowest BCUT2D eigenvalue weighted by molar-refractivity contribution is 0.0367. The number of ketones is 1. The van der Waals surface area contributed by atoms with E-state index in [0.29, 0.717) is 40.0 Å². The van der Waals surface area contributed by atoms with Gasteiger partial charge in [0.05, 0.1) is 28.9 Å². The Balaban J connectivity index is 1.00. The molecule has 0 aliphatic rings. The first-order valence-electron chi connectivity index (χ1n) is 17.8. The summed E-state index contributed by atoms with van der Waals surface area (Å²) in [6, 6.07) is 43.8. The van der Waals surface area contributed by atoms with Gasteiger partial charge in [0.1, 0.15) is 5.75 Å². The molecule has 0 radical (unpaired) electrons. The molecule has 0 saturated heterocycles. The van der Waals surface area contributed by atoms with Crippen LogP contribution < -0.4 is 4.74 Å². The minimum absolute atomic E-state index is 0.0724. The molecule has 54 heavy (non-hydrogen) atoms. The maximum atomic E-state index is 13.2. The Kier molecular flexibility index (Phi) is 11.6. The van der Waals surface area contributed by atoms with Crippen molar-refractivity contribution in [3.05, 3.63) is 185 Å². The van der Waals surface area contributed by atoms with Crippen molar-refractivity contribution in [2.75, 3.05) is 0 Å². The van der Waals surface area contributed by atoms with Gasteiger partial charge < -0.3 is 14.2 Å². The van der Waals surface area contributed by atoms with Crippen molar-refractivity contribution in [2.24, 2.45) is 0 Å². The topological polar surface area (TPSA) is 96.0 Å². The van der Waals surface area contributed by atoms with Crippen LogP contribution in [0.25, 0.3) is 22.3 Å². The van der Waals surface area contributed by atoms with Crippen molar-refractivity contribution in [2.45, 2.75) is 46.3 Å². The average Bonchev–Trinajstić information content (AvgIpc) is 3.18. The summed E-state index contributed by atoms with van der Waals surface area (Å²) in [7, 11) is 0. The number of benzene rings is 6. The maximum absolute atomic E-state index is 13.2. The van der Waals surface area contributed by atoms with Gasteiger partial charge >= 0.3 is 17.9 Å². The Morgan fingerprint density at radius 1 is 0.389 bits per heavy atom. The monoisotopic (exact) mass is 716 g/mol. The van der Waals surface area contributed by atoms with Crippen LogP contribution >= 0.6 is 0 Å². The van der Waals surface area contributed by atoms with E-state index >= 15 is 0 Å². The Hall–Kier alpha value is -6.60. The summed E-state index contributed by atoms with van der Waals surface area (Å²) in [6.07, 6.45) is 0.265. The van der Waals surface area contributed by atoms with Crippen LogP contribution in [0.5, 0.6) is 5.75 Å². The van der Waals surface area contributed by atoms with E-state index in [2.05, 4.69) is 0 Å². The van der Waals surface area contributed by atoms with Gasteiger partial charge in [-0.15, -0.1) is 0 Å². The number of hydrogen-bond donors (Lipinski definition) is 0. The number of hydrogen-bond acceptors (Lipinski definition) is 7. The van der Waals surface area contributed by atoms with Crippen LogP contribution in [0.15, 0.2) is 146 Å². The number of ether oxygens (including phenoxy) is 3. The molecule has 0 fully saturated rings. The zero-order valence-corrected chi connectivity index (χ0v) is 30.6. The summed E-state index contributed by atoms with van der Waals surface area (Å²) in [4.78, 5) is 50.4.